The molecule has 1 unspecified atom stereocenters. The maximum absolute atomic E-state index is 12.0. The maximum atomic E-state index is 12.0. The highest BCUT2D eigenvalue weighted by atomic mass is 16.1. The first kappa shape index (κ1) is 16.3. The van der Waals surface area contributed by atoms with Crippen LogP contribution in [0.25, 0.3) is 5.70 Å². The normalized spacial score (nSPS) is 41.9. The van der Waals surface area contributed by atoms with Gasteiger partial charge in [-0.2, -0.15) is 0 Å². The molecule has 5 rings (SSSR count). The lowest BCUT2D eigenvalue weighted by molar-refractivity contribution is -0.116. The van der Waals surface area contributed by atoms with Crippen molar-refractivity contribution in [1.82, 2.24) is 14.9 Å². The van der Waals surface area contributed by atoms with Gasteiger partial charge in [-0.15, -0.1) is 0 Å². The fourth-order valence-corrected chi connectivity index (χ4v) is 6.91. The van der Waals surface area contributed by atoms with Crippen LogP contribution in [-0.2, 0) is 4.79 Å². The number of amides is 1. The first-order chi connectivity index (χ1) is 12.5. The third-order valence-electron chi connectivity index (χ3n) is 8.31. The fraction of sp³-hybridized carbons (Fsp3) is 0.636. The number of carbonyl (C=O) groups excluding carboxylic acids is 1. The molecule has 4 aliphatic rings. The molecule has 1 aromatic rings. The third-order valence-corrected chi connectivity index (χ3v) is 8.31. The second-order valence-electron chi connectivity index (χ2n) is 9.29. The lowest BCUT2D eigenvalue weighted by Gasteiger charge is -2.56. The smallest absolute Gasteiger partial charge is 0.243 e. The number of rotatable bonds is 1. The Kier molecular flexibility index (Phi) is 3.51. The number of carbonyl (C=O) groups is 1. The quantitative estimate of drug-likeness (QED) is 0.830. The van der Waals surface area contributed by atoms with Crippen LogP contribution in [-0.4, -0.2) is 22.0 Å². The van der Waals surface area contributed by atoms with Crippen molar-refractivity contribution >= 4 is 11.6 Å². The van der Waals surface area contributed by atoms with Gasteiger partial charge in [0.1, 0.15) is 0 Å². The molecule has 2 saturated carbocycles. The zero-order valence-corrected chi connectivity index (χ0v) is 15.9. The van der Waals surface area contributed by atoms with Crippen molar-refractivity contribution in [2.75, 3.05) is 6.54 Å². The number of nitrogens with one attached hydrogen (secondary N) is 1. The molecule has 5 atom stereocenters. The average molecular weight is 351 g/mol. The molecular weight excluding hydrogens is 322 g/mol. The number of aromatic nitrogens is 2. The summed E-state index contributed by atoms with van der Waals surface area (Å²) in [7, 11) is 0. The Balaban J connectivity index is 1.48. The Bertz CT molecular complexity index is 792. The summed E-state index contributed by atoms with van der Waals surface area (Å²) < 4.78 is 2.24. The van der Waals surface area contributed by atoms with Crippen molar-refractivity contribution in [2.45, 2.75) is 52.4 Å². The Labute approximate surface area is 155 Å². The van der Waals surface area contributed by atoms with Crippen LogP contribution >= 0.6 is 0 Å². The standard InChI is InChI=1S/C22H29N3O/c1-21-9-10-24-20(26)13-15(21)3-4-16-17-5-6-19(25-12-11-23-14-25)22(17,2)8-7-18(16)21/h6,11-14,16-18H,3-5,7-10H2,1-2H3,(H,24,26)/t16-,17-,18?,21-,22-/m0/s1. The zero-order chi connectivity index (χ0) is 17.9. The maximum Gasteiger partial charge on any atom is 0.243 e. The molecule has 2 heterocycles. The first-order valence-electron chi connectivity index (χ1n) is 10.2. The summed E-state index contributed by atoms with van der Waals surface area (Å²) in [6.45, 7) is 5.75. The highest BCUT2D eigenvalue weighted by Crippen LogP contribution is 2.65. The highest BCUT2D eigenvalue weighted by molar-refractivity contribution is 5.88. The number of allylic oxidation sites excluding steroid dienone is 3. The lowest BCUT2D eigenvalue weighted by atomic mass is 9.48. The molecule has 2 fully saturated rings. The molecule has 0 spiro atoms. The Morgan fingerprint density at radius 2 is 2.08 bits per heavy atom. The zero-order valence-electron chi connectivity index (χ0n) is 15.9. The van der Waals surface area contributed by atoms with Crippen molar-refractivity contribution in [1.29, 1.82) is 0 Å². The predicted octanol–water partition coefficient (Wildman–Crippen LogP) is 4.02. The van der Waals surface area contributed by atoms with Gasteiger partial charge in [0.05, 0.1) is 6.33 Å². The summed E-state index contributed by atoms with van der Waals surface area (Å²) in [6.07, 6.45) is 17.5. The Hall–Kier alpha value is -1.84. The molecule has 3 aliphatic carbocycles. The van der Waals surface area contributed by atoms with E-state index in [0.717, 1.165) is 31.2 Å². The minimum atomic E-state index is 0.118. The third kappa shape index (κ3) is 2.14. The first-order valence-corrected chi connectivity index (χ1v) is 10.2. The number of nitrogens with zero attached hydrogens (tertiary/aromatic N) is 2. The van der Waals surface area contributed by atoms with Crippen LogP contribution in [0.3, 0.4) is 0 Å². The van der Waals surface area contributed by atoms with Gasteiger partial charge in [0.15, 0.2) is 0 Å². The minimum Gasteiger partial charge on any atom is -0.353 e. The molecule has 1 N–H and O–H groups in total. The largest absolute Gasteiger partial charge is 0.353 e. The Morgan fingerprint density at radius 1 is 1.19 bits per heavy atom. The van der Waals surface area contributed by atoms with Gasteiger partial charge in [0.2, 0.25) is 5.91 Å². The van der Waals surface area contributed by atoms with E-state index in [9.17, 15) is 4.79 Å². The van der Waals surface area contributed by atoms with Gasteiger partial charge >= 0.3 is 0 Å². The van der Waals surface area contributed by atoms with Crippen molar-refractivity contribution in [2.24, 2.45) is 28.6 Å². The van der Waals surface area contributed by atoms with Crippen molar-refractivity contribution in [3.8, 4) is 0 Å². The van der Waals surface area contributed by atoms with Crippen LogP contribution in [0.4, 0.5) is 0 Å². The van der Waals surface area contributed by atoms with E-state index in [4.69, 9.17) is 0 Å². The Morgan fingerprint density at radius 3 is 2.88 bits per heavy atom. The summed E-state index contributed by atoms with van der Waals surface area (Å²) in [6, 6.07) is 0. The molecule has 0 aromatic carbocycles. The van der Waals surface area contributed by atoms with Gasteiger partial charge in [0, 0.05) is 36.1 Å². The van der Waals surface area contributed by atoms with Crippen molar-refractivity contribution < 1.29 is 4.79 Å². The summed E-state index contributed by atoms with van der Waals surface area (Å²) >= 11 is 0. The second-order valence-corrected chi connectivity index (χ2v) is 9.29. The monoisotopic (exact) mass is 351 g/mol. The highest BCUT2D eigenvalue weighted by Gasteiger charge is 2.57. The molecule has 4 nitrogen and oxygen atoms in total. The van der Waals surface area contributed by atoms with Crippen molar-refractivity contribution in [3.05, 3.63) is 36.4 Å². The van der Waals surface area contributed by atoms with E-state index in [1.165, 1.54) is 37.0 Å². The molecule has 0 saturated heterocycles. The van der Waals surface area contributed by atoms with Gasteiger partial charge in [0.25, 0.3) is 0 Å². The van der Waals surface area contributed by atoms with Crippen molar-refractivity contribution in [3.63, 3.8) is 0 Å². The van der Waals surface area contributed by atoms with Gasteiger partial charge in [-0.05, 0) is 61.7 Å². The van der Waals surface area contributed by atoms with Crippen LogP contribution in [0.2, 0.25) is 0 Å². The van der Waals surface area contributed by atoms with E-state index in [-0.39, 0.29) is 16.7 Å². The van der Waals surface area contributed by atoms with Crippen LogP contribution in [0, 0.1) is 28.6 Å². The van der Waals surface area contributed by atoms with Gasteiger partial charge < -0.3 is 9.88 Å². The van der Waals surface area contributed by atoms with Crippen LogP contribution < -0.4 is 5.32 Å². The fourth-order valence-electron chi connectivity index (χ4n) is 6.91. The van der Waals surface area contributed by atoms with Gasteiger partial charge in [-0.3, -0.25) is 4.79 Å². The van der Waals surface area contributed by atoms with E-state index in [1.807, 2.05) is 18.6 Å². The van der Waals surface area contributed by atoms with E-state index >= 15 is 0 Å². The predicted molar refractivity (Wildman–Crippen MR) is 102 cm³/mol. The molecule has 1 amide bonds. The topological polar surface area (TPSA) is 46.9 Å². The summed E-state index contributed by atoms with van der Waals surface area (Å²) in [5, 5.41) is 3.07. The lowest BCUT2D eigenvalue weighted by Crippen LogP contribution is -2.49. The number of fused-ring (bicyclic) bond motifs is 5. The number of hydrogen-bond donors (Lipinski definition) is 1. The molecule has 4 heteroatoms. The van der Waals surface area contributed by atoms with Crippen LogP contribution in [0.1, 0.15) is 52.4 Å². The summed E-state index contributed by atoms with van der Waals surface area (Å²) in [5.41, 5.74) is 3.33. The van der Waals surface area contributed by atoms with Gasteiger partial charge in [-0.25, -0.2) is 4.98 Å². The number of imidazole rings is 1. The molecule has 0 bridgehead atoms. The summed E-state index contributed by atoms with van der Waals surface area (Å²) in [5.74, 6) is 2.32. The van der Waals surface area contributed by atoms with E-state index < -0.39 is 0 Å². The molecule has 1 aliphatic heterocycles. The van der Waals surface area contributed by atoms with Gasteiger partial charge in [-0.1, -0.05) is 25.5 Å². The van der Waals surface area contributed by atoms with E-state index in [1.54, 1.807) is 0 Å². The number of hydrogen-bond acceptors (Lipinski definition) is 2. The minimum absolute atomic E-state index is 0.118. The molecular formula is C22H29N3O. The second kappa shape index (κ2) is 5.58. The SMILES string of the molecule is C[C@]12CCNC(=O)C=C1CC[C@@H]1C2CC[C@]2(C)C(n3ccnc3)=CC[C@@H]12. The van der Waals surface area contributed by atoms with Crippen LogP contribution in [0.5, 0.6) is 0 Å². The van der Waals surface area contributed by atoms with Crippen LogP contribution in [0.15, 0.2) is 36.4 Å². The average Bonchev–Trinajstić information content (AvgIpc) is 3.20. The molecule has 26 heavy (non-hydrogen) atoms. The molecule has 1 aromatic heterocycles. The molecule has 0 radical (unpaired) electrons. The van der Waals surface area contributed by atoms with E-state index in [2.05, 4.69) is 41.0 Å². The molecule has 138 valence electrons. The summed E-state index contributed by atoms with van der Waals surface area (Å²) in [4.78, 5) is 16.3. The van der Waals surface area contributed by atoms with E-state index in [0.29, 0.717) is 5.92 Å².